The zero-order valence-electron chi connectivity index (χ0n) is 9.55. The van der Waals surface area contributed by atoms with Gasteiger partial charge in [0.25, 0.3) is 0 Å². The first-order valence-corrected chi connectivity index (χ1v) is 5.92. The molecule has 18 heavy (non-hydrogen) atoms. The molecule has 90 valence electrons. The molecule has 0 unspecified atom stereocenters. The summed E-state index contributed by atoms with van der Waals surface area (Å²) in [5.41, 5.74) is 8.69. The maximum atomic E-state index is 6.10. The van der Waals surface area contributed by atoms with Crippen LogP contribution in [0.25, 0.3) is 11.0 Å². The molecule has 0 aliphatic rings. The third-order valence-corrected chi connectivity index (χ3v) is 3.13. The third-order valence-electron chi connectivity index (χ3n) is 2.82. The van der Waals surface area contributed by atoms with Crippen molar-refractivity contribution in [3.8, 4) is 0 Å². The Labute approximate surface area is 109 Å². The van der Waals surface area contributed by atoms with Crippen LogP contribution >= 0.6 is 11.6 Å². The lowest BCUT2D eigenvalue weighted by molar-refractivity contribution is 0.833. The Hall–Kier alpha value is -2.07. The molecule has 4 nitrogen and oxygen atoms in total. The average Bonchev–Trinajstić information content (AvgIpc) is 2.70. The van der Waals surface area contributed by atoms with Crippen molar-refractivity contribution < 1.29 is 0 Å². The van der Waals surface area contributed by atoms with E-state index in [4.69, 9.17) is 17.3 Å². The van der Waals surface area contributed by atoms with Crippen molar-refractivity contribution in [1.82, 2.24) is 14.5 Å². The number of aromatic nitrogens is 3. The molecule has 2 N–H and O–H groups in total. The summed E-state index contributed by atoms with van der Waals surface area (Å²) in [5.74, 6) is 0.460. The zero-order chi connectivity index (χ0) is 12.5. The van der Waals surface area contributed by atoms with Crippen LogP contribution < -0.4 is 5.73 Å². The highest BCUT2D eigenvalue weighted by atomic mass is 35.5. The number of hydrogen-bond acceptors (Lipinski definition) is 3. The molecule has 0 bridgehead atoms. The normalized spacial score (nSPS) is 10.9. The van der Waals surface area contributed by atoms with Crippen molar-refractivity contribution in [2.75, 3.05) is 5.73 Å². The number of benzene rings is 1. The van der Waals surface area contributed by atoms with Gasteiger partial charge in [-0.15, -0.1) is 0 Å². The summed E-state index contributed by atoms with van der Waals surface area (Å²) in [6.45, 7) is 0.635. The number of halogens is 1. The van der Waals surface area contributed by atoms with E-state index in [-0.39, 0.29) is 0 Å². The summed E-state index contributed by atoms with van der Waals surface area (Å²) < 4.78 is 1.93. The SMILES string of the molecule is Nc1nc2c(Cl)cccc2n1Cc1cccnc1. The van der Waals surface area contributed by atoms with Crippen LogP contribution in [0.2, 0.25) is 5.02 Å². The minimum absolute atomic E-state index is 0.460. The Morgan fingerprint density at radius 2 is 2.11 bits per heavy atom. The maximum Gasteiger partial charge on any atom is 0.201 e. The summed E-state index contributed by atoms with van der Waals surface area (Å²) in [6.07, 6.45) is 3.56. The highest BCUT2D eigenvalue weighted by molar-refractivity contribution is 6.35. The van der Waals surface area contributed by atoms with Gasteiger partial charge in [-0.2, -0.15) is 0 Å². The van der Waals surface area contributed by atoms with Gasteiger partial charge in [0.2, 0.25) is 5.95 Å². The highest BCUT2D eigenvalue weighted by Gasteiger charge is 2.10. The summed E-state index contributed by atoms with van der Waals surface area (Å²) in [4.78, 5) is 8.39. The van der Waals surface area contributed by atoms with E-state index < -0.39 is 0 Å². The van der Waals surface area contributed by atoms with E-state index in [9.17, 15) is 0 Å². The molecule has 2 heterocycles. The van der Waals surface area contributed by atoms with Crippen LogP contribution in [0.1, 0.15) is 5.56 Å². The first-order chi connectivity index (χ1) is 8.75. The topological polar surface area (TPSA) is 56.7 Å². The number of nitrogen functional groups attached to an aromatic ring is 1. The lowest BCUT2D eigenvalue weighted by Crippen LogP contribution is -2.04. The van der Waals surface area contributed by atoms with Crippen LogP contribution in [0.5, 0.6) is 0 Å². The molecule has 0 saturated carbocycles. The number of rotatable bonds is 2. The van der Waals surface area contributed by atoms with Crippen molar-refractivity contribution in [2.45, 2.75) is 6.54 Å². The Balaban J connectivity index is 2.12. The van der Waals surface area contributed by atoms with E-state index in [0.717, 1.165) is 16.6 Å². The van der Waals surface area contributed by atoms with Gasteiger partial charge in [-0.3, -0.25) is 4.98 Å². The Kier molecular flexibility index (Phi) is 2.64. The average molecular weight is 259 g/mol. The fraction of sp³-hybridized carbons (Fsp3) is 0.0769. The Morgan fingerprint density at radius 3 is 2.89 bits per heavy atom. The van der Waals surface area contributed by atoms with Crippen molar-refractivity contribution in [3.63, 3.8) is 0 Å². The van der Waals surface area contributed by atoms with E-state index in [1.54, 1.807) is 6.20 Å². The van der Waals surface area contributed by atoms with Gasteiger partial charge in [0.15, 0.2) is 0 Å². The summed E-state index contributed by atoms with van der Waals surface area (Å²) in [6, 6.07) is 9.57. The number of nitrogens with two attached hydrogens (primary N) is 1. The van der Waals surface area contributed by atoms with Gasteiger partial charge in [0.1, 0.15) is 5.52 Å². The molecule has 3 rings (SSSR count). The van der Waals surface area contributed by atoms with E-state index >= 15 is 0 Å². The maximum absolute atomic E-state index is 6.10. The molecule has 2 aromatic heterocycles. The molecule has 0 fully saturated rings. The monoisotopic (exact) mass is 258 g/mol. The van der Waals surface area contributed by atoms with Gasteiger partial charge in [-0.1, -0.05) is 23.7 Å². The van der Waals surface area contributed by atoms with E-state index in [1.807, 2.05) is 41.1 Å². The first-order valence-electron chi connectivity index (χ1n) is 5.55. The quantitative estimate of drug-likeness (QED) is 0.769. The third kappa shape index (κ3) is 1.80. The molecule has 3 aromatic rings. The number of para-hydroxylation sites is 1. The summed E-state index contributed by atoms with van der Waals surface area (Å²) >= 11 is 6.10. The minimum atomic E-state index is 0.460. The lowest BCUT2D eigenvalue weighted by Gasteiger charge is -2.06. The van der Waals surface area contributed by atoms with Crippen LogP contribution in [0.4, 0.5) is 5.95 Å². The smallest absolute Gasteiger partial charge is 0.201 e. The number of nitrogens with zero attached hydrogens (tertiary/aromatic N) is 3. The number of hydrogen-bond donors (Lipinski definition) is 1. The standard InChI is InChI=1S/C13H11ClN4/c14-10-4-1-5-11-12(10)17-13(15)18(11)8-9-3-2-6-16-7-9/h1-7H,8H2,(H2,15,17). The van der Waals surface area contributed by atoms with Gasteiger partial charge in [0, 0.05) is 12.4 Å². The number of anilines is 1. The Bertz CT molecular complexity index is 691. The molecule has 0 radical (unpaired) electrons. The molecule has 1 aromatic carbocycles. The minimum Gasteiger partial charge on any atom is -0.369 e. The number of fused-ring (bicyclic) bond motifs is 1. The van der Waals surface area contributed by atoms with Crippen molar-refractivity contribution in [1.29, 1.82) is 0 Å². The summed E-state index contributed by atoms with van der Waals surface area (Å²) in [7, 11) is 0. The lowest BCUT2D eigenvalue weighted by atomic mass is 10.2. The Morgan fingerprint density at radius 1 is 1.22 bits per heavy atom. The molecular weight excluding hydrogens is 248 g/mol. The van der Waals surface area contributed by atoms with Crippen molar-refractivity contribution in [2.24, 2.45) is 0 Å². The van der Waals surface area contributed by atoms with Gasteiger partial charge < -0.3 is 10.3 Å². The second-order valence-corrected chi connectivity index (χ2v) is 4.43. The summed E-state index contributed by atoms with van der Waals surface area (Å²) in [5, 5.41) is 0.615. The van der Waals surface area contributed by atoms with Crippen LogP contribution in [-0.2, 0) is 6.54 Å². The van der Waals surface area contributed by atoms with Crippen LogP contribution in [0.3, 0.4) is 0 Å². The van der Waals surface area contributed by atoms with Crippen LogP contribution in [0, 0.1) is 0 Å². The van der Waals surface area contributed by atoms with E-state index in [2.05, 4.69) is 9.97 Å². The zero-order valence-corrected chi connectivity index (χ0v) is 10.3. The van der Waals surface area contributed by atoms with Gasteiger partial charge in [-0.25, -0.2) is 4.98 Å². The van der Waals surface area contributed by atoms with E-state index in [1.165, 1.54) is 0 Å². The molecule has 0 aliphatic carbocycles. The predicted octanol–water partition coefficient (Wildman–Crippen LogP) is 2.72. The highest BCUT2D eigenvalue weighted by Crippen LogP contribution is 2.25. The molecule has 0 amide bonds. The first kappa shape index (κ1) is 11.0. The molecule has 0 saturated heterocycles. The fourth-order valence-corrected chi connectivity index (χ4v) is 2.18. The predicted molar refractivity (Wildman–Crippen MR) is 72.5 cm³/mol. The second kappa shape index (κ2) is 4.31. The molecule has 0 spiro atoms. The molecular formula is C13H11ClN4. The van der Waals surface area contributed by atoms with Crippen LogP contribution in [-0.4, -0.2) is 14.5 Å². The fourth-order valence-electron chi connectivity index (χ4n) is 1.97. The van der Waals surface area contributed by atoms with Gasteiger partial charge in [0.05, 0.1) is 17.1 Å². The largest absolute Gasteiger partial charge is 0.369 e. The number of imidazole rings is 1. The van der Waals surface area contributed by atoms with Gasteiger partial charge >= 0.3 is 0 Å². The molecule has 0 aliphatic heterocycles. The van der Waals surface area contributed by atoms with Gasteiger partial charge in [-0.05, 0) is 23.8 Å². The molecule has 5 heteroatoms. The van der Waals surface area contributed by atoms with Crippen molar-refractivity contribution >= 4 is 28.6 Å². The van der Waals surface area contributed by atoms with Crippen LogP contribution in [0.15, 0.2) is 42.7 Å². The van der Waals surface area contributed by atoms with E-state index in [0.29, 0.717) is 17.5 Å². The van der Waals surface area contributed by atoms with Crippen molar-refractivity contribution in [3.05, 3.63) is 53.3 Å². The number of pyridine rings is 1. The molecule has 0 atom stereocenters. The second-order valence-electron chi connectivity index (χ2n) is 4.02.